The molecule has 0 aromatic rings. The highest BCUT2D eigenvalue weighted by Crippen LogP contribution is 2.21. The fourth-order valence-corrected chi connectivity index (χ4v) is 1.81. The molecule has 4 nitrogen and oxygen atoms in total. The third-order valence-corrected chi connectivity index (χ3v) is 2.80. The molecule has 0 aliphatic carbocycles. The van der Waals surface area contributed by atoms with Crippen LogP contribution in [0.4, 0.5) is 0 Å². The molecule has 14 heavy (non-hydrogen) atoms. The Balaban J connectivity index is 2.65. The quantitative estimate of drug-likeness (QED) is 0.572. The van der Waals surface area contributed by atoms with Crippen molar-refractivity contribution in [3.63, 3.8) is 0 Å². The van der Waals surface area contributed by atoms with Gasteiger partial charge in [-0.15, -0.1) is 0 Å². The number of nitrogens with zero attached hydrogens (tertiary/aromatic N) is 1. The molecule has 1 saturated heterocycles. The van der Waals surface area contributed by atoms with E-state index in [9.17, 15) is 9.59 Å². The van der Waals surface area contributed by atoms with Crippen LogP contribution in [0.15, 0.2) is 0 Å². The summed E-state index contributed by atoms with van der Waals surface area (Å²) in [6.07, 6.45) is 2.13. The third kappa shape index (κ3) is 2.25. The molecule has 0 radical (unpaired) electrons. The van der Waals surface area contributed by atoms with E-state index in [1.807, 2.05) is 6.92 Å². The van der Waals surface area contributed by atoms with Gasteiger partial charge in [0.25, 0.3) is 0 Å². The number of piperidine rings is 1. The van der Waals surface area contributed by atoms with Crippen molar-refractivity contribution in [2.45, 2.75) is 32.7 Å². The van der Waals surface area contributed by atoms with Crippen LogP contribution >= 0.6 is 0 Å². The lowest BCUT2D eigenvalue weighted by Crippen LogP contribution is -2.50. The highest BCUT2D eigenvalue weighted by Gasteiger charge is 2.29. The standard InChI is InChI=1S/C10H18N2O2/c1-7-4-5-8(2)12(6-7)10(14)9(13)11-3/h7-8H,4-6H2,1-3H3,(H,11,13)/t7-,8-/m1/s1. The molecule has 1 fully saturated rings. The van der Waals surface area contributed by atoms with Gasteiger partial charge in [0.05, 0.1) is 0 Å². The van der Waals surface area contributed by atoms with Crippen molar-refractivity contribution < 1.29 is 9.59 Å². The maximum atomic E-state index is 11.6. The first-order valence-electron chi connectivity index (χ1n) is 5.09. The van der Waals surface area contributed by atoms with Crippen LogP contribution in [0, 0.1) is 5.92 Å². The Kier molecular flexibility index (Phi) is 3.49. The molecule has 2 amide bonds. The van der Waals surface area contributed by atoms with Gasteiger partial charge in [0, 0.05) is 19.6 Å². The second-order valence-electron chi connectivity index (χ2n) is 4.07. The Morgan fingerprint density at radius 3 is 2.50 bits per heavy atom. The van der Waals surface area contributed by atoms with Crippen molar-refractivity contribution in [1.82, 2.24) is 10.2 Å². The van der Waals surface area contributed by atoms with Gasteiger partial charge >= 0.3 is 11.8 Å². The lowest BCUT2D eigenvalue weighted by Gasteiger charge is -2.36. The van der Waals surface area contributed by atoms with Crippen LogP contribution in [0.1, 0.15) is 26.7 Å². The minimum Gasteiger partial charge on any atom is -0.351 e. The van der Waals surface area contributed by atoms with Crippen molar-refractivity contribution in [3.05, 3.63) is 0 Å². The highest BCUT2D eigenvalue weighted by atomic mass is 16.2. The Morgan fingerprint density at radius 1 is 1.29 bits per heavy atom. The van der Waals surface area contributed by atoms with Crippen molar-refractivity contribution in [3.8, 4) is 0 Å². The molecule has 80 valence electrons. The van der Waals surface area contributed by atoms with E-state index in [2.05, 4.69) is 12.2 Å². The molecule has 1 heterocycles. The van der Waals surface area contributed by atoms with Crippen LogP contribution < -0.4 is 5.32 Å². The summed E-state index contributed by atoms with van der Waals surface area (Å²) in [7, 11) is 1.48. The van der Waals surface area contributed by atoms with Crippen LogP contribution in [0.2, 0.25) is 0 Å². The Labute approximate surface area is 84.7 Å². The molecule has 1 aliphatic rings. The van der Waals surface area contributed by atoms with E-state index in [0.717, 1.165) is 12.8 Å². The van der Waals surface area contributed by atoms with E-state index in [1.54, 1.807) is 4.90 Å². The van der Waals surface area contributed by atoms with Gasteiger partial charge in [-0.2, -0.15) is 0 Å². The first-order chi connectivity index (χ1) is 6.56. The molecule has 0 saturated carbocycles. The zero-order valence-electron chi connectivity index (χ0n) is 9.04. The zero-order chi connectivity index (χ0) is 10.7. The second-order valence-corrected chi connectivity index (χ2v) is 4.07. The highest BCUT2D eigenvalue weighted by molar-refractivity contribution is 6.35. The summed E-state index contributed by atoms with van der Waals surface area (Å²) in [6.45, 7) is 4.80. The second kappa shape index (κ2) is 4.44. The van der Waals surface area contributed by atoms with Gasteiger partial charge < -0.3 is 10.2 Å². The lowest BCUT2D eigenvalue weighted by molar-refractivity contribution is -0.148. The molecular weight excluding hydrogens is 180 g/mol. The van der Waals surface area contributed by atoms with Gasteiger partial charge in [-0.05, 0) is 25.7 Å². The van der Waals surface area contributed by atoms with E-state index in [1.165, 1.54) is 7.05 Å². The van der Waals surface area contributed by atoms with E-state index in [4.69, 9.17) is 0 Å². The van der Waals surface area contributed by atoms with Crippen molar-refractivity contribution in [2.24, 2.45) is 5.92 Å². The Hall–Kier alpha value is -1.06. The number of hydrogen-bond acceptors (Lipinski definition) is 2. The van der Waals surface area contributed by atoms with Crippen molar-refractivity contribution in [2.75, 3.05) is 13.6 Å². The number of likely N-dealkylation sites (tertiary alicyclic amines) is 1. The third-order valence-electron chi connectivity index (χ3n) is 2.80. The summed E-state index contributed by atoms with van der Waals surface area (Å²) in [6, 6.07) is 0.191. The number of rotatable bonds is 0. The Morgan fingerprint density at radius 2 is 1.93 bits per heavy atom. The van der Waals surface area contributed by atoms with E-state index >= 15 is 0 Å². The molecule has 4 heteroatoms. The number of likely N-dealkylation sites (N-methyl/N-ethyl adjacent to an activating group) is 1. The molecule has 1 N–H and O–H groups in total. The van der Waals surface area contributed by atoms with Gasteiger partial charge in [0.2, 0.25) is 0 Å². The molecule has 2 atom stereocenters. The molecule has 0 bridgehead atoms. The number of carbonyl (C=O) groups excluding carboxylic acids is 2. The van der Waals surface area contributed by atoms with Crippen LogP contribution in [0.25, 0.3) is 0 Å². The summed E-state index contributed by atoms with van der Waals surface area (Å²) in [5.41, 5.74) is 0. The molecule has 0 aromatic heterocycles. The predicted octanol–water partition coefficient (Wildman–Crippen LogP) is 0.379. The topological polar surface area (TPSA) is 49.4 Å². The summed E-state index contributed by atoms with van der Waals surface area (Å²) < 4.78 is 0. The Bertz CT molecular complexity index is 240. The first kappa shape index (κ1) is 11.0. The normalized spacial score (nSPS) is 27.2. The van der Waals surface area contributed by atoms with Crippen molar-refractivity contribution in [1.29, 1.82) is 0 Å². The fourth-order valence-electron chi connectivity index (χ4n) is 1.81. The van der Waals surface area contributed by atoms with Crippen LogP contribution in [-0.4, -0.2) is 36.3 Å². The molecule has 1 aliphatic heterocycles. The summed E-state index contributed by atoms with van der Waals surface area (Å²) in [5.74, 6) is -0.405. The smallest absolute Gasteiger partial charge is 0.312 e. The number of carbonyl (C=O) groups is 2. The average Bonchev–Trinajstić information content (AvgIpc) is 2.19. The van der Waals surface area contributed by atoms with Crippen LogP contribution in [0.3, 0.4) is 0 Å². The monoisotopic (exact) mass is 198 g/mol. The van der Waals surface area contributed by atoms with Gasteiger partial charge in [0.15, 0.2) is 0 Å². The predicted molar refractivity (Wildman–Crippen MR) is 53.6 cm³/mol. The van der Waals surface area contributed by atoms with Crippen LogP contribution in [0.5, 0.6) is 0 Å². The fraction of sp³-hybridized carbons (Fsp3) is 0.800. The number of amides is 2. The maximum Gasteiger partial charge on any atom is 0.312 e. The van der Waals surface area contributed by atoms with Gasteiger partial charge in [-0.1, -0.05) is 6.92 Å². The zero-order valence-corrected chi connectivity index (χ0v) is 9.04. The largest absolute Gasteiger partial charge is 0.351 e. The summed E-state index contributed by atoms with van der Waals surface area (Å²) >= 11 is 0. The molecule has 0 unspecified atom stereocenters. The summed E-state index contributed by atoms with van der Waals surface area (Å²) in [4.78, 5) is 24.4. The van der Waals surface area contributed by atoms with Crippen molar-refractivity contribution >= 4 is 11.8 Å². The van der Waals surface area contributed by atoms with Gasteiger partial charge in [0.1, 0.15) is 0 Å². The molecule has 0 spiro atoms. The summed E-state index contributed by atoms with van der Waals surface area (Å²) in [5, 5.41) is 2.37. The maximum absolute atomic E-state index is 11.6. The minimum atomic E-state index is -0.508. The first-order valence-corrected chi connectivity index (χ1v) is 5.09. The van der Waals surface area contributed by atoms with Gasteiger partial charge in [-0.25, -0.2) is 0 Å². The minimum absolute atomic E-state index is 0.191. The molecule has 1 rings (SSSR count). The van der Waals surface area contributed by atoms with E-state index < -0.39 is 11.8 Å². The molecular formula is C10H18N2O2. The number of nitrogens with one attached hydrogen (secondary N) is 1. The molecule has 0 aromatic carbocycles. The SMILES string of the molecule is CNC(=O)C(=O)N1C[C@H](C)CC[C@H]1C. The van der Waals surface area contributed by atoms with Crippen LogP contribution in [-0.2, 0) is 9.59 Å². The number of hydrogen-bond donors (Lipinski definition) is 1. The van der Waals surface area contributed by atoms with E-state index in [-0.39, 0.29) is 6.04 Å². The van der Waals surface area contributed by atoms with E-state index in [0.29, 0.717) is 12.5 Å². The average molecular weight is 198 g/mol. The van der Waals surface area contributed by atoms with Gasteiger partial charge in [-0.3, -0.25) is 9.59 Å². The lowest BCUT2D eigenvalue weighted by atomic mass is 9.95.